The number of rotatable bonds is 7. The van der Waals surface area contributed by atoms with Crippen molar-refractivity contribution in [1.29, 1.82) is 0 Å². The van der Waals surface area contributed by atoms with E-state index in [4.69, 9.17) is 0 Å². The van der Waals surface area contributed by atoms with Crippen molar-refractivity contribution in [3.8, 4) is 5.69 Å². The molecule has 0 saturated heterocycles. The lowest BCUT2D eigenvalue weighted by molar-refractivity contribution is -0.121. The molecule has 2 amide bonds. The van der Waals surface area contributed by atoms with Crippen molar-refractivity contribution in [3.63, 3.8) is 0 Å². The fraction of sp³-hybridized carbons (Fsp3) is 0.318. The van der Waals surface area contributed by atoms with Crippen LogP contribution in [-0.4, -0.2) is 43.8 Å². The Labute approximate surface area is 185 Å². The van der Waals surface area contributed by atoms with Crippen molar-refractivity contribution in [2.45, 2.75) is 43.5 Å². The van der Waals surface area contributed by atoms with Crippen molar-refractivity contribution in [2.75, 3.05) is 16.8 Å². The van der Waals surface area contributed by atoms with E-state index >= 15 is 0 Å². The van der Waals surface area contributed by atoms with E-state index in [9.17, 15) is 9.59 Å². The van der Waals surface area contributed by atoms with Gasteiger partial charge in [-0.25, -0.2) is 0 Å². The van der Waals surface area contributed by atoms with Crippen molar-refractivity contribution >= 4 is 35.0 Å². The average molecular weight is 437 g/mol. The van der Waals surface area contributed by atoms with Crippen LogP contribution in [-0.2, 0) is 16.0 Å². The Hall–Kier alpha value is -3.20. The van der Waals surface area contributed by atoms with Gasteiger partial charge in [0.05, 0.1) is 22.3 Å². The average Bonchev–Trinajstić information content (AvgIpc) is 3.25. The van der Waals surface area contributed by atoms with Gasteiger partial charge in [-0.15, -0.1) is 5.10 Å². The summed E-state index contributed by atoms with van der Waals surface area (Å²) >= 11 is 1.27. The minimum atomic E-state index is -0.479. The molecule has 31 heavy (non-hydrogen) atoms. The van der Waals surface area contributed by atoms with Gasteiger partial charge in [-0.1, -0.05) is 49.4 Å². The van der Waals surface area contributed by atoms with Crippen molar-refractivity contribution in [1.82, 2.24) is 20.2 Å². The first-order valence-electron chi connectivity index (χ1n) is 10.3. The highest BCUT2D eigenvalue weighted by molar-refractivity contribution is 8.00. The number of para-hydroxylation sites is 2. The number of benzene rings is 2. The van der Waals surface area contributed by atoms with Gasteiger partial charge in [0.2, 0.25) is 17.0 Å². The summed E-state index contributed by atoms with van der Waals surface area (Å²) < 4.78 is 1.63. The van der Waals surface area contributed by atoms with Gasteiger partial charge >= 0.3 is 0 Å². The van der Waals surface area contributed by atoms with Crippen LogP contribution in [0.25, 0.3) is 5.69 Å². The van der Waals surface area contributed by atoms with Crippen LogP contribution in [0.5, 0.6) is 0 Å². The van der Waals surface area contributed by atoms with E-state index in [0.29, 0.717) is 16.5 Å². The summed E-state index contributed by atoms with van der Waals surface area (Å²) in [5.41, 5.74) is 3.45. The summed E-state index contributed by atoms with van der Waals surface area (Å²) in [6.45, 7) is 3.97. The molecule has 1 atom stereocenters. The number of nitrogens with one attached hydrogen (secondary N) is 1. The van der Waals surface area contributed by atoms with Gasteiger partial charge in [0, 0.05) is 0 Å². The Morgan fingerprint density at radius 3 is 2.74 bits per heavy atom. The van der Waals surface area contributed by atoms with Gasteiger partial charge in [-0.05, 0) is 60.0 Å². The lowest BCUT2D eigenvalue weighted by atomic mass is 10.1. The first kappa shape index (κ1) is 21.0. The third-order valence-electron chi connectivity index (χ3n) is 5.11. The number of thioether (sulfide) groups is 1. The molecule has 1 aromatic heterocycles. The molecule has 2 heterocycles. The first-order chi connectivity index (χ1) is 15.1. The Balaban J connectivity index is 1.50. The highest BCUT2D eigenvalue weighted by Crippen LogP contribution is 2.32. The van der Waals surface area contributed by atoms with Gasteiger partial charge in [0.1, 0.15) is 6.54 Å². The normalized spacial score (nSPS) is 14.1. The number of anilines is 2. The molecule has 160 valence electrons. The highest BCUT2D eigenvalue weighted by Gasteiger charge is 2.31. The van der Waals surface area contributed by atoms with Crippen LogP contribution in [0.15, 0.2) is 53.7 Å². The molecule has 0 radical (unpaired) electrons. The van der Waals surface area contributed by atoms with E-state index in [1.54, 1.807) is 17.7 Å². The molecule has 2 aromatic carbocycles. The topological polar surface area (TPSA) is 93.0 Å². The lowest BCUT2D eigenvalue weighted by Crippen LogP contribution is -2.45. The number of hydrogen-bond acceptors (Lipinski definition) is 6. The van der Waals surface area contributed by atoms with Crippen molar-refractivity contribution in [2.24, 2.45) is 0 Å². The molecule has 0 aliphatic carbocycles. The smallest absolute Gasteiger partial charge is 0.244 e. The molecule has 4 rings (SSSR count). The molecule has 3 aromatic rings. The second-order valence-electron chi connectivity index (χ2n) is 7.39. The summed E-state index contributed by atoms with van der Waals surface area (Å²) in [5.74, 6) is -0.381. The maximum absolute atomic E-state index is 13.2. The number of tetrazole rings is 1. The standard InChI is InChI=1S/C22H24N6O2S/c1-3-4-7-16-10-12-17(13-11-16)28-22(24-25-26-28)31-15(2)21(30)27-14-20(29)23-18-8-5-6-9-19(18)27/h5-6,8-13,15H,3-4,7,14H2,1-2H3,(H,23,29). The summed E-state index contributed by atoms with van der Waals surface area (Å²) in [6, 6.07) is 15.4. The van der Waals surface area contributed by atoms with Crippen LogP contribution in [0.1, 0.15) is 32.3 Å². The van der Waals surface area contributed by atoms with Crippen LogP contribution >= 0.6 is 11.8 Å². The third-order valence-corrected chi connectivity index (χ3v) is 6.13. The van der Waals surface area contributed by atoms with Crippen molar-refractivity contribution in [3.05, 3.63) is 54.1 Å². The fourth-order valence-electron chi connectivity index (χ4n) is 3.46. The van der Waals surface area contributed by atoms with Gasteiger partial charge in [0.25, 0.3) is 0 Å². The summed E-state index contributed by atoms with van der Waals surface area (Å²) in [6.07, 6.45) is 3.36. The van der Waals surface area contributed by atoms with Gasteiger partial charge in [-0.3, -0.25) is 14.5 Å². The molecule has 0 spiro atoms. The Morgan fingerprint density at radius 1 is 1.19 bits per heavy atom. The van der Waals surface area contributed by atoms with Crippen LogP contribution in [0, 0.1) is 0 Å². The highest BCUT2D eigenvalue weighted by atomic mass is 32.2. The maximum atomic E-state index is 13.2. The molecule has 0 saturated carbocycles. The second-order valence-corrected chi connectivity index (χ2v) is 8.70. The van der Waals surface area contributed by atoms with E-state index < -0.39 is 5.25 Å². The zero-order valence-corrected chi connectivity index (χ0v) is 18.3. The molecule has 1 aliphatic rings. The molecule has 0 fully saturated rings. The molecule has 9 heteroatoms. The number of aryl methyl sites for hydroxylation is 1. The molecule has 0 bridgehead atoms. The second kappa shape index (κ2) is 9.30. The van der Waals surface area contributed by atoms with Gasteiger partial charge in [0.15, 0.2) is 0 Å². The number of hydrogen-bond donors (Lipinski definition) is 1. The van der Waals surface area contributed by atoms with E-state index in [1.165, 1.54) is 22.2 Å². The van der Waals surface area contributed by atoms with Crippen LogP contribution < -0.4 is 10.2 Å². The third kappa shape index (κ3) is 4.61. The van der Waals surface area contributed by atoms with Gasteiger partial charge in [-0.2, -0.15) is 4.68 Å². The Kier molecular flexibility index (Phi) is 6.31. The van der Waals surface area contributed by atoms with Crippen LogP contribution in [0.3, 0.4) is 0 Å². The number of aromatic nitrogens is 4. The van der Waals surface area contributed by atoms with Crippen LogP contribution in [0.4, 0.5) is 11.4 Å². The maximum Gasteiger partial charge on any atom is 0.244 e. The minimum absolute atomic E-state index is 0.00902. The number of fused-ring (bicyclic) bond motifs is 1. The molecule has 1 unspecified atom stereocenters. The summed E-state index contributed by atoms with van der Waals surface area (Å²) in [5, 5.41) is 14.8. The monoisotopic (exact) mass is 436 g/mol. The summed E-state index contributed by atoms with van der Waals surface area (Å²) in [4.78, 5) is 26.8. The predicted molar refractivity (Wildman–Crippen MR) is 121 cm³/mol. The van der Waals surface area contributed by atoms with E-state index in [1.807, 2.05) is 30.3 Å². The lowest BCUT2D eigenvalue weighted by Gasteiger charge is -2.30. The number of amides is 2. The predicted octanol–water partition coefficient (Wildman–Crippen LogP) is 3.47. The summed E-state index contributed by atoms with van der Waals surface area (Å²) in [7, 11) is 0. The molecule has 8 nitrogen and oxygen atoms in total. The zero-order valence-electron chi connectivity index (χ0n) is 17.5. The molecular formula is C22H24N6O2S. The van der Waals surface area contributed by atoms with Crippen molar-refractivity contribution < 1.29 is 9.59 Å². The van der Waals surface area contributed by atoms with Crippen LogP contribution in [0.2, 0.25) is 0 Å². The SMILES string of the molecule is CCCCc1ccc(-n2nnnc2SC(C)C(=O)N2CC(=O)Nc3ccccc32)cc1. The minimum Gasteiger partial charge on any atom is -0.323 e. The number of nitrogens with zero attached hydrogens (tertiary/aromatic N) is 5. The quantitative estimate of drug-likeness (QED) is 0.570. The largest absolute Gasteiger partial charge is 0.323 e. The Bertz CT molecular complexity index is 1080. The van der Waals surface area contributed by atoms with E-state index in [2.05, 4.69) is 39.9 Å². The molecule has 1 aliphatic heterocycles. The number of unbranched alkanes of at least 4 members (excludes halogenated alkanes) is 1. The van der Waals surface area contributed by atoms with E-state index in [-0.39, 0.29) is 18.4 Å². The fourth-order valence-corrected chi connectivity index (χ4v) is 4.33. The number of carbonyl (C=O) groups is 2. The molecule has 1 N–H and O–H groups in total. The number of carbonyl (C=O) groups excluding carboxylic acids is 2. The zero-order chi connectivity index (χ0) is 21.8. The Morgan fingerprint density at radius 2 is 1.97 bits per heavy atom. The molecular weight excluding hydrogens is 412 g/mol. The first-order valence-corrected chi connectivity index (χ1v) is 11.2. The van der Waals surface area contributed by atoms with Gasteiger partial charge < -0.3 is 5.32 Å². The van der Waals surface area contributed by atoms with E-state index in [0.717, 1.165) is 24.9 Å².